The summed E-state index contributed by atoms with van der Waals surface area (Å²) in [7, 11) is 1.67. The number of rotatable bonds is 4. The van der Waals surface area contributed by atoms with Crippen molar-refractivity contribution in [3.05, 3.63) is 40.1 Å². The van der Waals surface area contributed by atoms with Gasteiger partial charge in [0.05, 0.1) is 12.8 Å². The van der Waals surface area contributed by atoms with Gasteiger partial charge in [0.15, 0.2) is 4.80 Å². The molecule has 0 radical (unpaired) electrons. The minimum absolute atomic E-state index is 0.859. The van der Waals surface area contributed by atoms with Crippen LogP contribution in [-0.2, 0) is 6.54 Å². The van der Waals surface area contributed by atoms with E-state index in [1.807, 2.05) is 24.3 Å². The van der Waals surface area contributed by atoms with Crippen molar-refractivity contribution in [2.45, 2.75) is 26.8 Å². The summed E-state index contributed by atoms with van der Waals surface area (Å²) < 4.78 is 7.40. The predicted octanol–water partition coefficient (Wildman–Crippen LogP) is 3.51. The highest BCUT2D eigenvalue weighted by atomic mass is 32.1. The van der Waals surface area contributed by atoms with Crippen molar-refractivity contribution in [3.8, 4) is 5.75 Å². The van der Waals surface area contributed by atoms with E-state index >= 15 is 0 Å². The Hall–Kier alpha value is -1.55. The lowest BCUT2D eigenvalue weighted by Gasteiger charge is -2.03. The highest BCUT2D eigenvalue weighted by Crippen LogP contribution is 2.17. The largest absolute Gasteiger partial charge is 0.497 e. The zero-order valence-electron chi connectivity index (χ0n) is 11.0. The topological polar surface area (TPSA) is 26.5 Å². The fraction of sp³-hybridized carbons (Fsp3) is 0.357. The molecule has 0 saturated heterocycles. The first-order chi connectivity index (χ1) is 8.74. The second-order valence-corrected chi connectivity index (χ2v) is 4.96. The van der Waals surface area contributed by atoms with Crippen LogP contribution in [0.4, 0.5) is 5.69 Å². The van der Waals surface area contributed by atoms with Crippen LogP contribution in [-0.4, -0.2) is 11.7 Å². The van der Waals surface area contributed by atoms with Gasteiger partial charge in [0.2, 0.25) is 0 Å². The highest BCUT2D eigenvalue weighted by molar-refractivity contribution is 7.07. The number of methoxy groups -OCH3 is 1. The molecule has 2 rings (SSSR count). The van der Waals surface area contributed by atoms with E-state index in [2.05, 4.69) is 28.8 Å². The van der Waals surface area contributed by atoms with Gasteiger partial charge in [-0.05, 0) is 37.6 Å². The van der Waals surface area contributed by atoms with Gasteiger partial charge in [-0.1, -0.05) is 6.92 Å². The molecule has 1 aromatic carbocycles. The summed E-state index contributed by atoms with van der Waals surface area (Å²) in [6, 6.07) is 7.82. The summed E-state index contributed by atoms with van der Waals surface area (Å²) >= 11 is 1.69. The Morgan fingerprint density at radius 1 is 1.28 bits per heavy atom. The standard InChI is InChI=1S/C14H18N2OS/c1-4-9-16-11(2)10-18-14(16)15-12-5-7-13(17-3)8-6-12/h5-8,10H,4,9H2,1-3H3. The van der Waals surface area contributed by atoms with Gasteiger partial charge in [-0.25, -0.2) is 4.99 Å². The first-order valence-corrected chi connectivity index (χ1v) is 6.96. The lowest BCUT2D eigenvalue weighted by Crippen LogP contribution is -2.15. The van der Waals surface area contributed by atoms with Crippen LogP contribution in [0.2, 0.25) is 0 Å². The number of benzene rings is 1. The van der Waals surface area contributed by atoms with Gasteiger partial charge in [-0.2, -0.15) is 0 Å². The van der Waals surface area contributed by atoms with E-state index in [1.165, 1.54) is 5.69 Å². The Morgan fingerprint density at radius 3 is 2.61 bits per heavy atom. The maximum absolute atomic E-state index is 5.14. The average molecular weight is 262 g/mol. The molecular formula is C14H18N2OS. The molecule has 1 aromatic heterocycles. The van der Waals surface area contributed by atoms with Crippen molar-refractivity contribution in [2.24, 2.45) is 4.99 Å². The van der Waals surface area contributed by atoms with Gasteiger partial charge in [-0.15, -0.1) is 11.3 Å². The number of ether oxygens (including phenoxy) is 1. The molecular weight excluding hydrogens is 244 g/mol. The highest BCUT2D eigenvalue weighted by Gasteiger charge is 2.00. The van der Waals surface area contributed by atoms with Crippen LogP contribution in [0.5, 0.6) is 5.75 Å². The molecule has 2 aromatic rings. The lowest BCUT2D eigenvalue weighted by atomic mass is 10.3. The van der Waals surface area contributed by atoms with Crippen LogP contribution in [0.15, 0.2) is 34.6 Å². The number of thiazole rings is 1. The van der Waals surface area contributed by atoms with Gasteiger partial charge in [0.1, 0.15) is 5.75 Å². The summed E-state index contributed by atoms with van der Waals surface area (Å²) in [6.45, 7) is 5.32. The molecule has 0 saturated carbocycles. The summed E-state index contributed by atoms with van der Waals surface area (Å²) in [5.74, 6) is 0.859. The number of aryl methyl sites for hydroxylation is 1. The molecule has 0 aliphatic heterocycles. The van der Waals surface area contributed by atoms with E-state index in [1.54, 1.807) is 18.4 Å². The molecule has 0 atom stereocenters. The summed E-state index contributed by atoms with van der Waals surface area (Å²) in [5, 5.41) is 2.15. The van der Waals surface area contributed by atoms with Crippen molar-refractivity contribution in [1.29, 1.82) is 0 Å². The van der Waals surface area contributed by atoms with E-state index in [0.29, 0.717) is 0 Å². The number of aromatic nitrogens is 1. The first-order valence-electron chi connectivity index (χ1n) is 6.08. The molecule has 3 nitrogen and oxygen atoms in total. The number of hydrogen-bond acceptors (Lipinski definition) is 3. The van der Waals surface area contributed by atoms with Gasteiger partial charge >= 0.3 is 0 Å². The van der Waals surface area contributed by atoms with Gasteiger partial charge in [-0.3, -0.25) is 0 Å². The maximum atomic E-state index is 5.14. The molecule has 0 N–H and O–H groups in total. The van der Waals surface area contributed by atoms with E-state index in [0.717, 1.165) is 29.2 Å². The maximum Gasteiger partial charge on any atom is 0.190 e. The van der Waals surface area contributed by atoms with E-state index in [4.69, 9.17) is 4.74 Å². The predicted molar refractivity (Wildman–Crippen MR) is 75.6 cm³/mol. The van der Waals surface area contributed by atoms with Gasteiger partial charge in [0, 0.05) is 17.6 Å². The quantitative estimate of drug-likeness (QED) is 0.828. The van der Waals surface area contributed by atoms with E-state index in [9.17, 15) is 0 Å². The molecule has 18 heavy (non-hydrogen) atoms. The second-order valence-electron chi connectivity index (χ2n) is 4.12. The number of nitrogens with zero attached hydrogens (tertiary/aromatic N) is 2. The van der Waals surface area contributed by atoms with Crippen molar-refractivity contribution in [3.63, 3.8) is 0 Å². The third-order valence-corrected chi connectivity index (χ3v) is 3.72. The molecule has 0 bridgehead atoms. The van der Waals surface area contributed by atoms with E-state index < -0.39 is 0 Å². The molecule has 0 fully saturated rings. The Balaban J connectivity index is 2.37. The lowest BCUT2D eigenvalue weighted by molar-refractivity contribution is 0.415. The Bertz CT molecular complexity index is 566. The fourth-order valence-corrected chi connectivity index (χ4v) is 2.69. The molecule has 0 unspecified atom stereocenters. The van der Waals surface area contributed by atoms with Crippen LogP contribution >= 0.6 is 11.3 Å². The molecule has 96 valence electrons. The molecule has 1 heterocycles. The minimum Gasteiger partial charge on any atom is -0.497 e. The third-order valence-electron chi connectivity index (χ3n) is 2.74. The Kier molecular flexibility index (Phi) is 4.20. The molecule has 0 spiro atoms. The van der Waals surface area contributed by atoms with Crippen LogP contribution < -0.4 is 9.54 Å². The second kappa shape index (κ2) is 5.87. The SMILES string of the molecule is CCCn1c(C)csc1=Nc1ccc(OC)cc1. The van der Waals surface area contributed by atoms with Crippen molar-refractivity contribution >= 4 is 17.0 Å². The molecule has 0 amide bonds. The summed E-state index contributed by atoms with van der Waals surface area (Å²) in [6.07, 6.45) is 1.12. The van der Waals surface area contributed by atoms with Crippen LogP contribution in [0.3, 0.4) is 0 Å². The van der Waals surface area contributed by atoms with Crippen LogP contribution in [0.1, 0.15) is 19.0 Å². The normalized spacial score (nSPS) is 11.8. The van der Waals surface area contributed by atoms with Gasteiger partial charge < -0.3 is 9.30 Å². The minimum atomic E-state index is 0.859. The van der Waals surface area contributed by atoms with Crippen molar-refractivity contribution in [2.75, 3.05) is 7.11 Å². The Labute approximate surface area is 111 Å². The first kappa shape index (κ1) is 12.9. The third kappa shape index (κ3) is 2.82. The van der Waals surface area contributed by atoms with Crippen molar-refractivity contribution in [1.82, 2.24) is 4.57 Å². The van der Waals surface area contributed by atoms with Crippen molar-refractivity contribution < 1.29 is 4.74 Å². The van der Waals surface area contributed by atoms with Crippen LogP contribution in [0, 0.1) is 6.92 Å². The average Bonchev–Trinajstić information content (AvgIpc) is 2.73. The smallest absolute Gasteiger partial charge is 0.190 e. The monoisotopic (exact) mass is 262 g/mol. The zero-order chi connectivity index (χ0) is 13.0. The van der Waals surface area contributed by atoms with Gasteiger partial charge in [0.25, 0.3) is 0 Å². The van der Waals surface area contributed by atoms with E-state index in [-0.39, 0.29) is 0 Å². The molecule has 0 aliphatic carbocycles. The molecule has 4 heteroatoms. The number of hydrogen-bond donors (Lipinski definition) is 0. The van der Waals surface area contributed by atoms with Crippen LogP contribution in [0.25, 0.3) is 0 Å². The Morgan fingerprint density at radius 2 is 2.00 bits per heavy atom. The summed E-state index contributed by atoms with van der Waals surface area (Å²) in [5.41, 5.74) is 2.23. The fourth-order valence-electron chi connectivity index (χ4n) is 1.77. The zero-order valence-corrected chi connectivity index (χ0v) is 11.8. The molecule has 0 aliphatic rings. The summed E-state index contributed by atoms with van der Waals surface area (Å²) in [4.78, 5) is 5.74.